The Balaban J connectivity index is 2.43. The molecule has 0 radical (unpaired) electrons. The molecule has 2 N–H and O–H groups in total. The SMILES string of the molecule is CCOC(=O)CC1=C(C(=O)OCC)[C@@]2(C(=O)O1)C(C(=O)OC)=C(N)N(CC(=O)OC)c1ccccc12. The summed E-state index contributed by atoms with van der Waals surface area (Å²) >= 11 is 0. The van der Waals surface area contributed by atoms with Crippen LogP contribution in [-0.4, -0.2) is 63.8 Å². The first-order valence-corrected chi connectivity index (χ1v) is 11.0. The first kappa shape index (κ1) is 26.3. The lowest BCUT2D eigenvalue weighted by molar-refractivity contribution is -0.148. The number of rotatable bonds is 8. The van der Waals surface area contributed by atoms with E-state index < -0.39 is 59.4 Å². The number of methoxy groups -OCH3 is 2. The lowest BCUT2D eigenvalue weighted by Gasteiger charge is -2.40. The maximum Gasteiger partial charge on any atom is 0.339 e. The molecule has 0 aliphatic carbocycles. The van der Waals surface area contributed by atoms with Crippen LogP contribution in [0.1, 0.15) is 25.8 Å². The molecule has 0 aromatic heterocycles. The van der Waals surface area contributed by atoms with Crippen LogP contribution in [0.2, 0.25) is 0 Å². The van der Waals surface area contributed by atoms with Gasteiger partial charge in [-0.3, -0.25) is 9.59 Å². The van der Waals surface area contributed by atoms with Crippen LogP contribution < -0.4 is 10.6 Å². The Morgan fingerprint density at radius 1 is 0.944 bits per heavy atom. The third kappa shape index (κ3) is 4.14. The van der Waals surface area contributed by atoms with Crippen molar-refractivity contribution in [3.8, 4) is 0 Å². The van der Waals surface area contributed by atoms with Crippen molar-refractivity contribution in [2.24, 2.45) is 5.73 Å². The van der Waals surface area contributed by atoms with Gasteiger partial charge >= 0.3 is 29.8 Å². The second-order valence-corrected chi connectivity index (χ2v) is 7.57. The minimum atomic E-state index is -2.24. The van der Waals surface area contributed by atoms with Crippen molar-refractivity contribution in [1.82, 2.24) is 0 Å². The van der Waals surface area contributed by atoms with Crippen LogP contribution in [0, 0.1) is 0 Å². The second kappa shape index (κ2) is 10.5. The normalized spacial score (nSPS) is 18.6. The molecule has 12 heteroatoms. The highest BCUT2D eigenvalue weighted by atomic mass is 16.6. The van der Waals surface area contributed by atoms with Crippen LogP contribution in [0.25, 0.3) is 0 Å². The van der Waals surface area contributed by atoms with Gasteiger partial charge in [0.1, 0.15) is 35.7 Å². The Bertz CT molecular complexity index is 1190. The van der Waals surface area contributed by atoms with E-state index in [9.17, 15) is 24.0 Å². The average Bonchev–Trinajstić information content (AvgIpc) is 3.13. The Morgan fingerprint density at radius 3 is 2.22 bits per heavy atom. The van der Waals surface area contributed by atoms with Gasteiger partial charge in [0, 0.05) is 11.3 Å². The summed E-state index contributed by atoms with van der Waals surface area (Å²) in [6, 6.07) is 6.19. The number of anilines is 1. The van der Waals surface area contributed by atoms with Gasteiger partial charge in [0.15, 0.2) is 5.41 Å². The minimum absolute atomic E-state index is 0.0471. The molecule has 0 saturated heterocycles. The van der Waals surface area contributed by atoms with E-state index in [2.05, 4.69) is 0 Å². The molecule has 2 aliphatic rings. The topological polar surface area (TPSA) is 161 Å². The van der Waals surface area contributed by atoms with Crippen molar-refractivity contribution in [2.75, 3.05) is 38.9 Å². The summed E-state index contributed by atoms with van der Waals surface area (Å²) in [4.78, 5) is 65.9. The molecule has 0 amide bonds. The van der Waals surface area contributed by atoms with E-state index in [1.54, 1.807) is 32.0 Å². The fourth-order valence-electron chi connectivity index (χ4n) is 4.30. The molecule has 0 saturated carbocycles. The molecule has 2 aliphatic heterocycles. The van der Waals surface area contributed by atoms with Crippen LogP contribution in [0.4, 0.5) is 5.69 Å². The van der Waals surface area contributed by atoms with Crippen molar-refractivity contribution in [3.05, 3.63) is 52.6 Å². The monoisotopic (exact) mass is 502 g/mol. The molecule has 1 atom stereocenters. The number of nitrogens with zero attached hydrogens (tertiary/aromatic N) is 1. The predicted molar refractivity (Wildman–Crippen MR) is 122 cm³/mol. The zero-order chi connectivity index (χ0) is 26.6. The standard InChI is InChI=1S/C24H26N2O10/c1-5-34-16(27)11-15-18(22(30)35-6-2)24(23(31)36-15)13-9-7-8-10-14(13)26(12-17(28)32-3)20(25)19(24)21(29)33-4/h7-10H,5-6,11-12,25H2,1-4H3/t24-/m1/s1. The van der Waals surface area contributed by atoms with E-state index in [1.807, 2.05) is 0 Å². The van der Waals surface area contributed by atoms with Crippen LogP contribution >= 0.6 is 0 Å². The number of hydrogen-bond donors (Lipinski definition) is 1. The largest absolute Gasteiger partial charge is 0.468 e. The minimum Gasteiger partial charge on any atom is -0.468 e. The number of benzene rings is 1. The lowest BCUT2D eigenvalue weighted by atomic mass is 9.66. The van der Waals surface area contributed by atoms with E-state index in [0.29, 0.717) is 0 Å². The Hall–Kier alpha value is -4.35. The highest BCUT2D eigenvalue weighted by Gasteiger charge is 2.64. The molecule has 0 unspecified atom stereocenters. The quantitative estimate of drug-likeness (QED) is 0.390. The fourth-order valence-corrected chi connectivity index (χ4v) is 4.30. The number of nitrogens with two attached hydrogens (primary N) is 1. The summed E-state index contributed by atoms with van der Waals surface area (Å²) in [5, 5.41) is 0. The van der Waals surface area contributed by atoms with Crippen molar-refractivity contribution in [2.45, 2.75) is 25.7 Å². The molecule has 2 heterocycles. The summed E-state index contributed by atoms with van der Waals surface area (Å²) in [7, 11) is 2.24. The van der Waals surface area contributed by atoms with E-state index in [1.165, 1.54) is 18.1 Å². The smallest absolute Gasteiger partial charge is 0.339 e. The number of ether oxygens (including phenoxy) is 5. The third-order valence-electron chi connectivity index (χ3n) is 5.69. The number of para-hydroxylation sites is 1. The Morgan fingerprint density at radius 2 is 1.61 bits per heavy atom. The summed E-state index contributed by atoms with van der Waals surface area (Å²) in [5.74, 6) is -5.29. The van der Waals surface area contributed by atoms with Gasteiger partial charge in [-0.1, -0.05) is 18.2 Å². The van der Waals surface area contributed by atoms with Crippen LogP contribution in [-0.2, 0) is 53.1 Å². The number of esters is 5. The summed E-state index contributed by atoms with van der Waals surface area (Å²) in [6.45, 7) is 2.69. The van der Waals surface area contributed by atoms with Gasteiger partial charge in [-0.05, 0) is 19.9 Å². The van der Waals surface area contributed by atoms with Crippen molar-refractivity contribution >= 4 is 35.5 Å². The van der Waals surface area contributed by atoms with Gasteiger partial charge in [0.25, 0.3) is 0 Å². The third-order valence-corrected chi connectivity index (χ3v) is 5.69. The molecule has 1 spiro atoms. The summed E-state index contributed by atoms with van der Waals surface area (Å²) < 4.78 is 25.3. The van der Waals surface area contributed by atoms with Gasteiger partial charge in [-0.2, -0.15) is 0 Å². The molecule has 12 nitrogen and oxygen atoms in total. The molecule has 192 valence electrons. The van der Waals surface area contributed by atoms with E-state index in [4.69, 9.17) is 29.4 Å². The molecule has 1 aromatic rings. The first-order chi connectivity index (χ1) is 17.2. The van der Waals surface area contributed by atoms with Gasteiger partial charge in [-0.25, -0.2) is 14.4 Å². The fraction of sp³-hybridized carbons (Fsp3) is 0.375. The molecule has 36 heavy (non-hydrogen) atoms. The average molecular weight is 502 g/mol. The maximum atomic E-state index is 13.7. The van der Waals surface area contributed by atoms with Crippen molar-refractivity contribution < 1.29 is 47.7 Å². The van der Waals surface area contributed by atoms with Crippen molar-refractivity contribution in [1.29, 1.82) is 0 Å². The van der Waals surface area contributed by atoms with Gasteiger partial charge in [0.2, 0.25) is 0 Å². The lowest BCUT2D eigenvalue weighted by Crippen LogP contribution is -2.51. The zero-order valence-corrected chi connectivity index (χ0v) is 20.2. The number of carbonyl (C=O) groups is 5. The predicted octanol–water partition coefficient (Wildman–Crippen LogP) is 0.588. The Kier molecular flexibility index (Phi) is 7.66. The van der Waals surface area contributed by atoms with Gasteiger partial charge < -0.3 is 34.3 Å². The number of hydrogen-bond acceptors (Lipinski definition) is 12. The number of fused-ring (bicyclic) bond motifs is 2. The second-order valence-electron chi connectivity index (χ2n) is 7.57. The van der Waals surface area contributed by atoms with E-state index in [-0.39, 0.29) is 36.0 Å². The van der Waals surface area contributed by atoms with Crippen LogP contribution in [0.3, 0.4) is 0 Å². The molecular weight excluding hydrogens is 476 g/mol. The van der Waals surface area contributed by atoms with Crippen LogP contribution in [0.15, 0.2) is 47.0 Å². The summed E-state index contributed by atoms with van der Waals surface area (Å²) in [6.07, 6.45) is -0.585. The van der Waals surface area contributed by atoms with Gasteiger partial charge in [0.05, 0.1) is 27.4 Å². The van der Waals surface area contributed by atoms with E-state index >= 15 is 0 Å². The highest BCUT2D eigenvalue weighted by Crippen LogP contribution is 2.54. The van der Waals surface area contributed by atoms with E-state index in [0.717, 1.165) is 7.11 Å². The zero-order valence-electron chi connectivity index (χ0n) is 20.2. The molecule has 1 aromatic carbocycles. The molecule has 0 fully saturated rings. The molecular formula is C24H26N2O10. The number of carbonyl (C=O) groups excluding carboxylic acids is 5. The molecule has 3 rings (SSSR count). The summed E-state index contributed by atoms with van der Waals surface area (Å²) in [5.41, 5.74) is 3.59. The highest BCUT2D eigenvalue weighted by molar-refractivity contribution is 6.16. The van der Waals surface area contributed by atoms with Crippen LogP contribution in [0.5, 0.6) is 0 Å². The van der Waals surface area contributed by atoms with Crippen molar-refractivity contribution in [3.63, 3.8) is 0 Å². The Labute approximate surface area is 206 Å². The molecule has 0 bridgehead atoms. The first-order valence-electron chi connectivity index (χ1n) is 11.0. The maximum absolute atomic E-state index is 13.7. The van der Waals surface area contributed by atoms with Gasteiger partial charge in [-0.15, -0.1) is 0 Å². The number of cyclic esters (lactones) is 1.